The standard InChI is InChI=1S/C53H33N3O/c1-2-10-34(11-3-1)39-24-25-42-31-40(26-27-41(42)30-39)38-14-8-15-43(32-38)52-54-51(37-22-20-36(21-23-37)46-18-9-13-35-12-4-5-16-45(35)46)55-53(56-52)44-28-29-50-48(33-44)47-17-6-7-19-49(47)57-50/h1-33H. The van der Waals surface area contributed by atoms with E-state index in [1.54, 1.807) is 0 Å². The van der Waals surface area contributed by atoms with Crippen molar-refractivity contribution in [3.63, 3.8) is 0 Å². The molecule has 0 aliphatic carbocycles. The fourth-order valence-electron chi connectivity index (χ4n) is 7.98. The summed E-state index contributed by atoms with van der Waals surface area (Å²) in [6.07, 6.45) is 0. The van der Waals surface area contributed by atoms with E-state index >= 15 is 0 Å². The fraction of sp³-hybridized carbons (Fsp3) is 0. The van der Waals surface area contributed by atoms with Crippen molar-refractivity contribution in [2.75, 3.05) is 0 Å². The number of hydrogen-bond acceptors (Lipinski definition) is 4. The van der Waals surface area contributed by atoms with Crippen molar-refractivity contribution in [3.05, 3.63) is 200 Å². The Hall–Kier alpha value is -7.69. The number of hydrogen-bond donors (Lipinski definition) is 0. The Labute approximate surface area is 329 Å². The van der Waals surface area contributed by atoms with Gasteiger partial charge in [0.1, 0.15) is 11.2 Å². The number of para-hydroxylation sites is 1. The van der Waals surface area contributed by atoms with Crippen molar-refractivity contribution in [2.45, 2.75) is 0 Å². The van der Waals surface area contributed by atoms with Crippen molar-refractivity contribution in [2.24, 2.45) is 0 Å². The second-order valence-corrected chi connectivity index (χ2v) is 14.4. The van der Waals surface area contributed by atoms with E-state index in [2.05, 4.69) is 170 Å². The number of benzene rings is 9. The Bertz CT molecular complexity index is 3290. The normalized spacial score (nSPS) is 11.5. The second kappa shape index (κ2) is 13.6. The van der Waals surface area contributed by atoms with Gasteiger partial charge in [-0.2, -0.15) is 0 Å². The molecule has 0 fully saturated rings. The Morgan fingerprint density at radius 1 is 0.263 bits per heavy atom. The third kappa shape index (κ3) is 6.01. The molecule has 0 amide bonds. The summed E-state index contributed by atoms with van der Waals surface area (Å²) < 4.78 is 6.16. The summed E-state index contributed by atoms with van der Waals surface area (Å²) in [6, 6.07) is 70.1. The monoisotopic (exact) mass is 727 g/mol. The molecule has 0 aliphatic heterocycles. The van der Waals surface area contributed by atoms with Crippen LogP contribution >= 0.6 is 0 Å². The second-order valence-electron chi connectivity index (χ2n) is 14.4. The highest BCUT2D eigenvalue weighted by Gasteiger charge is 2.16. The first-order valence-corrected chi connectivity index (χ1v) is 19.2. The topological polar surface area (TPSA) is 51.8 Å². The molecule has 266 valence electrons. The molecule has 2 aromatic heterocycles. The Morgan fingerprint density at radius 2 is 0.772 bits per heavy atom. The first-order chi connectivity index (χ1) is 28.2. The molecule has 4 nitrogen and oxygen atoms in total. The molecule has 0 saturated heterocycles. The van der Waals surface area contributed by atoms with Crippen molar-refractivity contribution in [1.29, 1.82) is 0 Å². The maximum absolute atomic E-state index is 6.16. The van der Waals surface area contributed by atoms with E-state index in [1.807, 2.05) is 30.3 Å². The summed E-state index contributed by atoms with van der Waals surface area (Å²) in [4.78, 5) is 15.4. The molecule has 0 N–H and O–H groups in total. The molecule has 4 heteroatoms. The van der Waals surface area contributed by atoms with Crippen LogP contribution in [0.25, 0.3) is 111 Å². The Morgan fingerprint density at radius 3 is 1.56 bits per heavy atom. The molecule has 2 heterocycles. The largest absolute Gasteiger partial charge is 0.456 e. The highest BCUT2D eigenvalue weighted by Crippen LogP contribution is 2.35. The molecule has 0 bridgehead atoms. The predicted molar refractivity (Wildman–Crippen MR) is 235 cm³/mol. The minimum Gasteiger partial charge on any atom is -0.456 e. The number of rotatable bonds is 6. The van der Waals surface area contributed by atoms with Gasteiger partial charge >= 0.3 is 0 Å². The van der Waals surface area contributed by atoms with Crippen LogP contribution in [0.1, 0.15) is 0 Å². The van der Waals surface area contributed by atoms with Crippen LogP contribution in [0.3, 0.4) is 0 Å². The Kier molecular flexibility index (Phi) is 7.78. The molecule has 0 aliphatic rings. The van der Waals surface area contributed by atoms with E-state index in [9.17, 15) is 0 Å². The molecule has 0 radical (unpaired) electrons. The SMILES string of the molecule is c1ccc(-c2ccc3cc(-c4cccc(-c5nc(-c6ccc(-c7cccc8ccccc78)cc6)nc(-c6ccc7oc8ccccc8c7c6)n5)c4)ccc3c2)cc1. The summed E-state index contributed by atoms with van der Waals surface area (Å²) in [6.45, 7) is 0. The van der Waals surface area contributed by atoms with Crippen LogP contribution < -0.4 is 0 Å². The van der Waals surface area contributed by atoms with Gasteiger partial charge < -0.3 is 4.42 Å². The molecule has 57 heavy (non-hydrogen) atoms. The van der Waals surface area contributed by atoms with Crippen LogP contribution in [0.5, 0.6) is 0 Å². The minimum atomic E-state index is 0.602. The van der Waals surface area contributed by atoms with E-state index in [4.69, 9.17) is 19.4 Å². The van der Waals surface area contributed by atoms with Gasteiger partial charge in [0.25, 0.3) is 0 Å². The van der Waals surface area contributed by atoms with E-state index in [0.29, 0.717) is 17.5 Å². The molecule has 0 spiro atoms. The lowest BCUT2D eigenvalue weighted by atomic mass is 9.97. The number of furan rings is 1. The van der Waals surface area contributed by atoms with Crippen molar-refractivity contribution in [1.82, 2.24) is 15.0 Å². The summed E-state index contributed by atoms with van der Waals surface area (Å²) in [5, 5.41) is 6.93. The van der Waals surface area contributed by atoms with Gasteiger partial charge in [0, 0.05) is 27.5 Å². The van der Waals surface area contributed by atoms with Crippen molar-refractivity contribution >= 4 is 43.5 Å². The van der Waals surface area contributed by atoms with Gasteiger partial charge in [-0.15, -0.1) is 0 Å². The minimum absolute atomic E-state index is 0.602. The van der Waals surface area contributed by atoms with Gasteiger partial charge in [-0.05, 0) is 97.4 Å². The maximum atomic E-state index is 6.16. The summed E-state index contributed by atoms with van der Waals surface area (Å²) in [5.74, 6) is 1.83. The Balaban J connectivity index is 1.01. The zero-order valence-corrected chi connectivity index (χ0v) is 30.8. The molecular formula is C53H33N3O. The van der Waals surface area contributed by atoms with Crippen LogP contribution in [0.2, 0.25) is 0 Å². The highest BCUT2D eigenvalue weighted by molar-refractivity contribution is 6.06. The van der Waals surface area contributed by atoms with Crippen LogP contribution in [-0.4, -0.2) is 15.0 Å². The van der Waals surface area contributed by atoms with Crippen molar-refractivity contribution in [3.8, 4) is 67.5 Å². The van der Waals surface area contributed by atoms with E-state index in [-0.39, 0.29) is 0 Å². The molecule has 0 saturated carbocycles. The molecular weight excluding hydrogens is 695 g/mol. The molecule has 0 unspecified atom stereocenters. The lowest BCUT2D eigenvalue weighted by Gasteiger charge is -2.11. The molecule has 0 atom stereocenters. The van der Waals surface area contributed by atoms with E-state index < -0.39 is 0 Å². The molecule has 11 aromatic rings. The number of aromatic nitrogens is 3. The third-order valence-electron chi connectivity index (χ3n) is 10.9. The van der Waals surface area contributed by atoms with Gasteiger partial charge in [0.15, 0.2) is 17.5 Å². The molecule has 11 rings (SSSR count). The fourth-order valence-corrected chi connectivity index (χ4v) is 7.98. The average Bonchev–Trinajstić information content (AvgIpc) is 3.67. The first kappa shape index (κ1) is 32.7. The van der Waals surface area contributed by atoms with Crippen LogP contribution in [-0.2, 0) is 0 Å². The lowest BCUT2D eigenvalue weighted by Crippen LogP contribution is -2.00. The summed E-state index contributed by atoms with van der Waals surface area (Å²) in [7, 11) is 0. The smallest absolute Gasteiger partial charge is 0.164 e. The summed E-state index contributed by atoms with van der Waals surface area (Å²) in [5.41, 5.74) is 11.4. The van der Waals surface area contributed by atoms with Crippen LogP contribution in [0, 0.1) is 0 Å². The van der Waals surface area contributed by atoms with E-state index in [0.717, 1.165) is 55.3 Å². The predicted octanol–water partition coefficient (Wildman–Crippen LogP) is 14.1. The quantitative estimate of drug-likeness (QED) is 0.171. The first-order valence-electron chi connectivity index (χ1n) is 19.2. The third-order valence-corrected chi connectivity index (χ3v) is 10.9. The molecule has 9 aromatic carbocycles. The zero-order chi connectivity index (χ0) is 37.7. The lowest BCUT2D eigenvalue weighted by molar-refractivity contribution is 0.669. The average molecular weight is 728 g/mol. The van der Waals surface area contributed by atoms with Gasteiger partial charge in [0.05, 0.1) is 0 Å². The van der Waals surface area contributed by atoms with Crippen LogP contribution in [0.4, 0.5) is 0 Å². The van der Waals surface area contributed by atoms with Gasteiger partial charge in [0.2, 0.25) is 0 Å². The van der Waals surface area contributed by atoms with E-state index in [1.165, 1.54) is 38.2 Å². The van der Waals surface area contributed by atoms with Gasteiger partial charge in [-0.25, -0.2) is 15.0 Å². The summed E-state index contributed by atoms with van der Waals surface area (Å²) >= 11 is 0. The van der Waals surface area contributed by atoms with Gasteiger partial charge in [-0.3, -0.25) is 0 Å². The van der Waals surface area contributed by atoms with Crippen molar-refractivity contribution < 1.29 is 4.42 Å². The maximum Gasteiger partial charge on any atom is 0.164 e. The van der Waals surface area contributed by atoms with Crippen LogP contribution in [0.15, 0.2) is 205 Å². The zero-order valence-electron chi connectivity index (χ0n) is 30.8. The number of fused-ring (bicyclic) bond motifs is 5. The highest BCUT2D eigenvalue weighted by atomic mass is 16.3. The van der Waals surface area contributed by atoms with Gasteiger partial charge in [-0.1, -0.05) is 158 Å². The number of nitrogens with zero attached hydrogens (tertiary/aromatic N) is 3.